The number of pyridine rings is 1. The summed E-state index contributed by atoms with van der Waals surface area (Å²) in [5, 5.41) is 15.0. The zero-order valence-corrected chi connectivity index (χ0v) is 23.1. The van der Waals surface area contributed by atoms with Gasteiger partial charge in [0.25, 0.3) is 5.69 Å². The van der Waals surface area contributed by atoms with Crippen LogP contribution in [0, 0.1) is 17.0 Å². The fraction of sp³-hybridized carbons (Fsp3) is 0.138. The van der Waals surface area contributed by atoms with E-state index in [-0.39, 0.29) is 23.9 Å². The van der Waals surface area contributed by atoms with Gasteiger partial charge in [0.2, 0.25) is 11.8 Å². The predicted octanol–water partition coefficient (Wildman–Crippen LogP) is 6.13. The Morgan fingerprint density at radius 2 is 1.88 bits per heavy atom. The normalized spacial score (nSPS) is 11.0. The monoisotopic (exact) mass is 578 g/mol. The maximum Gasteiger partial charge on any atom is 0.270 e. The Balaban J connectivity index is 1.41. The summed E-state index contributed by atoms with van der Waals surface area (Å²) in [6.45, 7) is 1.64. The molecule has 0 atom stereocenters. The molecule has 2 amide bonds. The minimum absolute atomic E-state index is 0.0431. The van der Waals surface area contributed by atoms with Crippen LogP contribution in [0.4, 0.5) is 11.4 Å². The maximum absolute atomic E-state index is 12.8. The molecule has 1 heterocycles. The number of ether oxygens (including phenoxy) is 1. The molecular weight excluding hydrogens is 555 g/mol. The topological polar surface area (TPSA) is 115 Å². The molecule has 0 aliphatic rings. The number of carbonyl (C=O) groups excluding carboxylic acids is 2. The van der Waals surface area contributed by atoms with Gasteiger partial charge in [0.15, 0.2) is 0 Å². The number of hydrogen-bond donors (Lipinski definition) is 1. The van der Waals surface area contributed by atoms with Crippen molar-refractivity contribution in [3.63, 3.8) is 0 Å². The molecule has 0 bridgehead atoms. The van der Waals surface area contributed by atoms with Gasteiger partial charge in [-0.15, -0.1) is 0 Å². The van der Waals surface area contributed by atoms with Crippen molar-refractivity contribution >= 4 is 63.4 Å². The number of nitro benzene ring substituents is 1. The van der Waals surface area contributed by atoms with Crippen molar-refractivity contribution in [2.45, 2.75) is 13.5 Å². The zero-order valence-electron chi connectivity index (χ0n) is 21.6. The molecule has 0 spiro atoms. The van der Waals surface area contributed by atoms with Crippen LogP contribution in [-0.2, 0) is 16.2 Å². The van der Waals surface area contributed by atoms with Crippen LogP contribution in [0.15, 0.2) is 72.8 Å². The third-order valence-electron chi connectivity index (χ3n) is 6.02. The van der Waals surface area contributed by atoms with Gasteiger partial charge in [-0.25, -0.2) is 4.98 Å². The summed E-state index contributed by atoms with van der Waals surface area (Å²) < 4.78 is 6.04. The van der Waals surface area contributed by atoms with E-state index in [1.54, 1.807) is 18.2 Å². The second kappa shape index (κ2) is 12.6. The van der Waals surface area contributed by atoms with Crippen molar-refractivity contribution in [2.24, 2.45) is 0 Å². The first-order valence-corrected chi connectivity index (χ1v) is 12.8. The molecule has 204 valence electrons. The minimum atomic E-state index is -0.538. The van der Waals surface area contributed by atoms with E-state index in [0.717, 1.165) is 11.1 Å². The molecule has 0 unspecified atom stereocenters. The van der Waals surface area contributed by atoms with Gasteiger partial charge < -0.3 is 15.0 Å². The Labute approximate surface area is 240 Å². The largest absolute Gasteiger partial charge is 0.487 e. The average molecular weight is 579 g/mol. The number of para-hydroxylation sites is 1. The van der Waals surface area contributed by atoms with Gasteiger partial charge in [0, 0.05) is 46.9 Å². The molecule has 9 nitrogen and oxygen atoms in total. The average Bonchev–Trinajstić information content (AvgIpc) is 2.94. The number of halogens is 2. The smallest absolute Gasteiger partial charge is 0.270 e. The first-order valence-electron chi connectivity index (χ1n) is 12.1. The fourth-order valence-corrected chi connectivity index (χ4v) is 4.46. The standard InChI is InChI=1S/C29H24Cl2N4O5/c1-18-9-11-20-6-4-8-25(29(20)33-18)40-17-22-23(30)12-13-24(28(22)31)34(2)27(37)16-32-26(36)14-10-19-5-3-7-21(15-19)35(38)39/h3-15H,16-17H2,1-2H3,(H,32,36). The Hall–Kier alpha value is -4.47. The molecule has 1 N–H and O–H groups in total. The number of nitrogens with zero attached hydrogens (tertiary/aromatic N) is 3. The number of rotatable bonds is 9. The Morgan fingerprint density at radius 3 is 2.65 bits per heavy atom. The number of anilines is 1. The Bertz CT molecular complexity index is 1640. The van der Waals surface area contributed by atoms with E-state index < -0.39 is 16.7 Å². The number of nitro groups is 1. The van der Waals surface area contributed by atoms with Gasteiger partial charge in [-0.2, -0.15) is 0 Å². The first kappa shape index (κ1) is 28.5. The van der Waals surface area contributed by atoms with E-state index in [1.807, 2.05) is 37.3 Å². The Kier molecular flexibility index (Phi) is 8.98. The minimum Gasteiger partial charge on any atom is -0.487 e. The van der Waals surface area contributed by atoms with E-state index in [2.05, 4.69) is 10.3 Å². The number of nitrogens with one attached hydrogen (secondary N) is 1. The summed E-state index contributed by atoms with van der Waals surface area (Å²) >= 11 is 13.1. The van der Waals surface area contributed by atoms with Gasteiger partial charge in [-0.05, 0) is 42.8 Å². The lowest BCUT2D eigenvalue weighted by atomic mass is 10.1. The number of aryl methyl sites for hydroxylation is 1. The number of benzene rings is 3. The van der Waals surface area contributed by atoms with Crippen molar-refractivity contribution in [2.75, 3.05) is 18.5 Å². The number of aromatic nitrogens is 1. The quantitative estimate of drug-likeness (QED) is 0.145. The van der Waals surface area contributed by atoms with Crippen molar-refractivity contribution in [3.8, 4) is 5.75 Å². The second-order valence-electron chi connectivity index (χ2n) is 8.78. The summed E-state index contributed by atoms with van der Waals surface area (Å²) in [6, 6.07) is 18.6. The maximum atomic E-state index is 12.8. The highest BCUT2D eigenvalue weighted by Gasteiger charge is 2.19. The third-order valence-corrected chi connectivity index (χ3v) is 6.79. The molecule has 0 saturated carbocycles. The highest BCUT2D eigenvalue weighted by molar-refractivity contribution is 6.38. The van der Waals surface area contributed by atoms with Crippen LogP contribution in [0.5, 0.6) is 5.75 Å². The number of likely N-dealkylation sites (N-methyl/N-ethyl adjacent to an activating group) is 1. The molecule has 4 aromatic rings. The molecule has 0 saturated heterocycles. The van der Waals surface area contributed by atoms with E-state index in [4.69, 9.17) is 27.9 Å². The summed E-state index contributed by atoms with van der Waals surface area (Å²) in [5.74, 6) is -0.394. The van der Waals surface area contributed by atoms with Crippen molar-refractivity contribution in [3.05, 3.63) is 110 Å². The highest BCUT2D eigenvalue weighted by atomic mass is 35.5. The molecule has 3 aromatic carbocycles. The lowest BCUT2D eigenvalue weighted by Gasteiger charge is -2.21. The van der Waals surface area contributed by atoms with Crippen LogP contribution in [0.3, 0.4) is 0 Å². The van der Waals surface area contributed by atoms with Crippen LogP contribution in [0.25, 0.3) is 17.0 Å². The van der Waals surface area contributed by atoms with E-state index in [1.165, 1.54) is 42.3 Å². The van der Waals surface area contributed by atoms with Crippen LogP contribution in [0.2, 0.25) is 10.0 Å². The number of fused-ring (bicyclic) bond motifs is 1. The number of hydrogen-bond acceptors (Lipinski definition) is 6. The summed E-state index contributed by atoms with van der Waals surface area (Å²) in [4.78, 5) is 41.3. The molecule has 0 fully saturated rings. The van der Waals surface area contributed by atoms with Crippen molar-refractivity contribution in [1.29, 1.82) is 0 Å². The van der Waals surface area contributed by atoms with E-state index in [0.29, 0.717) is 33.1 Å². The molecule has 0 radical (unpaired) electrons. The zero-order chi connectivity index (χ0) is 28.8. The van der Waals surface area contributed by atoms with Gasteiger partial charge in [0.05, 0.1) is 22.2 Å². The molecule has 40 heavy (non-hydrogen) atoms. The first-order chi connectivity index (χ1) is 19.1. The van der Waals surface area contributed by atoms with Gasteiger partial charge in [-0.3, -0.25) is 19.7 Å². The third kappa shape index (κ3) is 6.74. The lowest BCUT2D eigenvalue weighted by molar-refractivity contribution is -0.384. The molecular formula is C29H24Cl2N4O5. The number of carbonyl (C=O) groups is 2. The van der Waals surface area contributed by atoms with Crippen LogP contribution >= 0.6 is 23.2 Å². The van der Waals surface area contributed by atoms with Crippen LogP contribution < -0.4 is 15.0 Å². The summed E-state index contributed by atoms with van der Waals surface area (Å²) in [7, 11) is 1.53. The number of amides is 2. The van der Waals surface area contributed by atoms with Crippen LogP contribution in [0.1, 0.15) is 16.8 Å². The molecule has 0 aliphatic carbocycles. The van der Waals surface area contributed by atoms with Crippen molar-refractivity contribution < 1.29 is 19.2 Å². The van der Waals surface area contributed by atoms with Crippen molar-refractivity contribution in [1.82, 2.24) is 10.3 Å². The van der Waals surface area contributed by atoms with Crippen LogP contribution in [-0.4, -0.2) is 35.3 Å². The summed E-state index contributed by atoms with van der Waals surface area (Å²) in [5.41, 5.74) is 2.84. The van der Waals surface area contributed by atoms with Gasteiger partial charge in [-0.1, -0.05) is 53.5 Å². The summed E-state index contributed by atoms with van der Waals surface area (Å²) in [6.07, 6.45) is 2.62. The SMILES string of the molecule is Cc1ccc2cccc(OCc3c(Cl)ccc(N(C)C(=O)CNC(=O)C=Cc4cccc([N+](=O)[O-])c4)c3Cl)c2n1. The van der Waals surface area contributed by atoms with E-state index in [9.17, 15) is 19.7 Å². The van der Waals surface area contributed by atoms with Gasteiger partial charge in [0.1, 0.15) is 17.9 Å². The Morgan fingerprint density at radius 1 is 1.10 bits per heavy atom. The molecule has 1 aromatic heterocycles. The molecule has 0 aliphatic heterocycles. The molecule has 11 heteroatoms. The lowest BCUT2D eigenvalue weighted by Crippen LogP contribution is -2.37. The van der Waals surface area contributed by atoms with E-state index >= 15 is 0 Å². The fourth-order valence-electron chi connectivity index (χ4n) is 3.85. The second-order valence-corrected chi connectivity index (χ2v) is 9.57. The number of non-ortho nitro benzene ring substituents is 1. The highest BCUT2D eigenvalue weighted by Crippen LogP contribution is 2.35. The van der Waals surface area contributed by atoms with Gasteiger partial charge >= 0.3 is 0 Å². The molecule has 4 rings (SSSR count). The predicted molar refractivity (Wildman–Crippen MR) is 156 cm³/mol.